The van der Waals surface area contributed by atoms with Crippen LogP contribution in [0.15, 0.2) is 36.4 Å². The molecule has 4 nitrogen and oxygen atoms in total. The molecule has 2 aromatic heterocycles. The lowest BCUT2D eigenvalue weighted by Crippen LogP contribution is -1.93. The normalized spacial score (nSPS) is 10.9. The zero-order valence-electron chi connectivity index (χ0n) is 11.1. The Bertz CT molecular complexity index is 722. The summed E-state index contributed by atoms with van der Waals surface area (Å²) in [4.78, 5) is 12.0. The lowest BCUT2D eigenvalue weighted by molar-refractivity contribution is 0.328. The van der Waals surface area contributed by atoms with Gasteiger partial charge in [-0.3, -0.25) is 0 Å². The van der Waals surface area contributed by atoms with Crippen LogP contribution < -0.4 is 4.74 Å². The van der Waals surface area contributed by atoms with Gasteiger partial charge in [-0.25, -0.2) is 9.37 Å². The first-order valence-corrected chi connectivity index (χ1v) is 6.47. The number of rotatable bonds is 4. The molecule has 0 spiro atoms. The molecule has 3 rings (SSSR count). The van der Waals surface area contributed by atoms with E-state index in [1.807, 2.05) is 19.1 Å². The van der Waals surface area contributed by atoms with Crippen molar-refractivity contribution < 1.29 is 9.13 Å². The number of aromatic amines is 1. The van der Waals surface area contributed by atoms with Crippen molar-refractivity contribution in [2.45, 2.75) is 13.3 Å². The number of benzene rings is 1. The van der Waals surface area contributed by atoms with E-state index >= 15 is 0 Å². The fraction of sp³-hybridized carbons (Fsp3) is 0.200. The van der Waals surface area contributed by atoms with Crippen molar-refractivity contribution in [2.24, 2.45) is 0 Å². The van der Waals surface area contributed by atoms with E-state index in [1.54, 1.807) is 12.1 Å². The third-order valence-electron chi connectivity index (χ3n) is 2.95. The van der Waals surface area contributed by atoms with Crippen LogP contribution in [0.25, 0.3) is 11.2 Å². The first-order chi connectivity index (χ1) is 9.74. The smallest absolute Gasteiger partial charge is 0.215 e. The van der Waals surface area contributed by atoms with Gasteiger partial charge in [0.2, 0.25) is 5.88 Å². The van der Waals surface area contributed by atoms with Crippen LogP contribution in [0.3, 0.4) is 0 Å². The highest BCUT2D eigenvalue weighted by atomic mass is 19.1. The standard InChI is InChI=1S/C15H14FN3O/c1-2-20-14-8-7-12-15(19-14)18-13(17-12)9-10-3-5-11(16)6-4-10/h3-8H,2,9H2,1H3,(H,17,18,19). The Kier molecular flexibility index (Phi) is 3.33. The van der Waals surface area contributed by atoms with Crippen LogP contribution in [0.5, 0.6) is 5.88 Å². The zero-order valence-corrected chi connectivity index (χ0v) is 11.1. The molecule has 0 aliphatic heterocycles. The summed E-state index contributed by atoms with van der Waals surface area (Å²) in [5.74, 6) is 1.13. The molecule has 0 amide bonds. The van der Waals surface area contributed by atoms with Crippen molar-refractivity contribution in [3.05, 3.63) is 53.6 Å². The molecule has 0 saturated carbocycles. The molecular formula is C15H14FN3O. The van der Waals surface area contributed by atoms with Gasteiger partial charge in [0.1, 0.15) is 11.6 Å². The van der Waals surface area contributed by atoms with Gasteiger partial charge in [0.15, 0.2) is 5.65 Å². The van der Waals surface area contributed by atoms with Crippen molar-refractivity contribution in [3.8, 4) is 5.88 Å². The van der Waals surface area contributed by atoms with Gasteiger partial charge in [-0.15, -0.1) is 0 Å². The summed E-state index contributed by atoms with van der Waals surface area (Å²) in [6, 6.07) is 10.1. The highest BCUT2D eigenvalue weighted by Gasteiger charge is 2.06. The van der Waals surface area contributed by atoms with E-state index < -0.39 is 0 Å². The molecule has 20 heavy (non-hydrogen) atoms. The number of ether oxygens (including phenoxy) is 1. The predicted molar refractivity (Wildman–Crippen MR) is 74.3 cm³/mol. The number of nitrogens with one attached hydrogen (secondary N) is 1. The molecule has 0 aliphatic carbocycles. The molecule has 5 heteroatoms. The Hall–Kier alpha value is -2.43. The molecule has 1 aromatic carbocycles. The number of nitrogens with zero attached hydrogens (tertiary/aromatic N) is 2. The van der Waals surface area contributed by atoms with Gasteiger partial charge in [0.05, 0.1) is 12.1 Å². The summed E-state index contributed by atoms with van der Waals surface area (Å²) in [7, 11) is 0. The van der Waals surface area contributed by atoms with Gasteiger partial charge in [0, 0.05) is 12.5 Å². The van der Waals surface area contributed by atoms with Crippen LogP contribution in [-0.4, -0.2) is 21.6 Å². The van der Waals surface area contributed by atoms with Gasteiger partial charge in [-0.1, -0.05) is 12.1 Å². The van der Waals surface area contributed by atoms with E-state index in [9.17, 15) is 4.39 Å². The average molecular weight is 271 g/mol. The Morgan fingerprint density at radius 2 is 1.90 bits per heavy atom. The molecule has 0 radical (unpaired) electrons. The highest BCUT2D eigenvalue weighted by molar-refractivity contribution is 5.71. The Morgan fingerprint density at radius 1 is 1.10 bits per heavy atom. The van der Waals surface area contributed by atoms with Crippen molar-refractivity contribution >= 4 is 11.2 Å². The molecule has 0 saturated heterocycles. The van der Waals surface area contributed by atoms with Gasteiger partial charge >= 0.3 is 0 Å². The van der Waals surface area contributed by atoms with E-state index in [0.717, 1.165) is 16.9 Å². The topological polar surface area (TPSA) is 50.8 Å². The lowest BCUT2D eigenvalue weighted by Gasteiger charge is -1.99. The van der Waals surface area contributed by atoms with E-state index in [-0.39, 0.29) is 5.82 Å². The van der Waals surface area contributed by atoms with Crippen LogP contribution in [0.2, 0.25) is 0 Å². The minimum absolute atomic E-state index is 0.235. The maximum absolute atomic E-state index is 12.9. The summed E-state index contributed by atoms with van der Waals surface area (Å²) in [5, 5.41) is 0. The quantitative estimate of drug-likeness (QED) is 0.793. The molecule has 0 bridgehead atoms. The summed E-state index contributed by atoms with van der Waals surface area (Å²) in [5.41, 5.74) is 2.49. The number of H-pyrrole nitrogens is 1. The molecule has 0 unspecified atom stereocenters. The number of halogens is 1. The molecule has 0 atom stereocenters. The second kappa shape index (κ2) is 5.28. The molecule has 102 valence electrons. The molecule has 0 fully saturated rings. The van der Waals surface area contributed by atoms with Gasteiger partial charge < -0.3 is 9.72 Å². The van der Waals surface area contributed by atoms with Gasteiger partial charge in [-0.05, 0) is 30.7 Å². The van der Waals surface area contributed by atoms with E-state index in [2.05, 4.69) is 15.0 Å². The van der Waals surface area contributed by atoms with Crippen LogP contribution in [0, 0.1) is 5.82 Å². The molecule has 1 N–H and O–H groups in total. The first-order valence-electron chi connectivity index (χ1n) is 6.47. The number of pyridine rings is 1. The fourth-order valence-electron chi connectivity index (χ4n) is 2.03. The predicted octanol–water partition coefficient (Wildman–Crippen LogP) is 3.09. The molecular weight excluding hydrogens is 257 g/mol. The lowest BCUT2D eigenvalue weighted by atomic mass is 10.1. The zero-order chi connectivity index (χ0) is 13.9. The summed E-state index contributed by atoms with van der Waals surface area (Å²) in [6.45, 7) is 2.49. The number of aromatic nitrogens is 3. The third kappa shape index (κ3) is 2.61. The Morgan fingerprint density at radius 3 is 2.65 bits per heavy atom. The molecule has 3 aromatic rings. The number of fused-ring (bicyclic) bond motifs is 1. The maximum Gasteiger partial charge on any atom is 0.215 e. The average Bonchev–Trinajstić information content (AvgIpc) is 2.83. The highest BCUT2D eigenvalue weighted by Crippen LogP contribution is 2.16. The van der Waals surface area contributed by atoms with Crippen LogP contribution in [0.4, 0.5) is 4.39 Å². The van der Waals surface area contributed by atoms with Crippen LogP contribution >= 0.6 is 0 Å². The van der Waals surface area contributed by atoms with Gasteiger partial charge in [-0.2, -0.15) is 4.98 Å². The third-order valence-corrected chi connectivity index (χ3v) is 2.95. The monoisotopic (exact) mass is 271 g/mol. The van der Waals surface area contributed by atoms with Crippen LogP contribution in [0.1, 0.15) is 18.3 Å². The molecule has 0 aliphatic rings. The summed E-state index contributed by atoms with van der Waals surface area (Å²) in [6.07, 6.45) is 0.612. The number of hydrogen-bond acceptors (Lipinski definition) is 3. The minimum Gasteiger partial charge on any atom is -0.478 e. The number of imidazole rings is 1. The summed E-state index contributed by atoms with van der Waals surface area (Å²) >= 11 is 0. The van der Waals surface area contributed by atoms with Crippen molar-refractivity contribution in [2.75, 3.05) is 6.61 Å². The molecule has 2 heterocycles. The fourth-order valence-corrected chi connectivity index (χ4v) is 2.03. The van der Waals surface area contributed by atoms with Crippen LogP contribution in [-0.2, 0) is 6.42 Å². The van der Waals surface area contributed by atoms with E-state index in [0.29, 0.717) is 24.6 Å². The van der Waals surface area contributed by atoms with Crippen molar-refractivity contribution in [1.82, 2.24) is 15.0 Å². The first kappa shape index (κ1) is 12.6. The van der Waals surface area contributed by atoms with E-state index in [1.165, 1.54) is 12.1 Å². The second-order valence-corrected chi connectivity index (χ2v) is 4.44. The Balaban J connectivity index is 1.86. The minimum atomic E-state index is -0.235. The number of hydrogen-bond donors (Lipinski definition) is 1. The second-order valence-electron chi connectivity index (χ2n) is 4.44. The Labute approximate surface area is 115 Å². The van der Waals surface area contributed by atoms with Crippen molar-refractivity contribution in [3.63, 3.8) is 0 Å². The SMILES string of the molecule is CCOc1ccc2[nH]c(Cc3ccc(F)cc3)nc2n1. The largest absolute Gasteiger partial charge is 0.478 e. The van der Waals surface area contributed by atoms with Crippen molar-refractivity contribution in [1.29, 1.82) is 0 Å². The van der Waals surface area contributed by atoms with E-state index in [4.69, 9.17) is 4.74 Å². The van der Waals surface area contributed by atoms with Gasteiger partial charge in [0.25, 0.3) is 0 Å². The maximum atomic E-state index is 12.9. The summed E-state index contributed by atoms with van der Waals surface area (Å²) < 4.78 is 18.2.